The number of aromatic nitrogens is 1. The lowest BCUT2D eigenvalue weighted by Crippen LogP contribution is -2.05. The van der Waals surface area contributed by atoms with Crippen molar-refractivity contribution in [2.45, 2.75) is 13.8 Å². The van der Waals surface area contributed by atoms with Gasteiger partial charge in [-0.05, 0) is 19.9 Å². The lowest BCUT2D eigenvalue weighted by Gasteiger charge is -1.98. The van der Waals surface area contributed by atoms with E-state index in [1.165, 1.54) is 0 Å². The highest BCUT2D eigenvalue weighted by Crippen LogP contribution is 2.13. The zero-order valence-corrected chi connectivity index (χ0v) is 7.18. The Morgan fingerprint density at radius 1 is 1.75 bits per heavy atom. The van der Waals surface area contributed by atoms with Crippen molar-refractivity contribution in [3.63, 3.8) is 0 Å². The van der Waals surface area contributed by atoms with Crippen LogP contribution >= 0.6 is 0 Å². The Morgan fingerprint density at radius 3 is 2.83 bits per heavy atom. The molecule has 12 heavy (non-hydrogen) atoms. The lowest BCUT2D eigenvalue weighted by atomic mass is 10.3. The second-order valence-electron chi connectivity index (χ2n) is 2.50. The molecular weight excluding hydrogens is 156 g/mol. The highest BCUT2D eigenvalue weighted by molar-refractivity contribution is 5.94. The molecule has 0 saturated carbocycles. The summed E-state index contributed by atoms with van der Waals surface area (Å²) in [5.41, 5.74) is 6.78. The molecule has 0 unspecified atom stereocenters. The van der Waals surface area contributed by atoms with Gasteiger partial charge in [-0.25, -0.2) is 4.79 Å². The minimum Gasteiger partial charge on any atom is -0.462 e. The number of H-pyrrole nitrogens is 1. The van der Waals surface area contributed by atoms with Gasteiger partial charge in [0, 0.05) is 5.69 Å². The van der Waals surface area contributed by atoms with Gasteiger partial charge in [0.25, 0.3) is 0 Å². The molecule has 0 saturated heterocycles. The van der Waals surface area contributed by atoms with Gasteiger partial charge in [-0.15, -0.1) is 0 Å². The van der Waals surface area contributed by atoms with E-state index in [4.69, 9.17) is 10.5 Å². The standard InChI is InChI=1S/C8H12N2O2/c1-3-12-8(11)6-4-5(2)10-7(6)9/h4,10H,3,9H2,1-2H3. The van der Waals surface area contributed by atoms with Crippen molar-refractivity contribution in [2.24, 2.45) is 0 Å². The van der Waals surface area contributed by atoms with Gasteiger partial charge in [0.2, 0.25) is 0 Å². The van der Waals surface area contributed by atoms with Crippen LogP contribution in [0.3, 0.4) is 0 Å². The van der Waals surface area contributed by atoms with Gasteiger partial charge in [-0.2, -0.15) is 0 Å². The number of nitrogens with two attached hydrogens (primary N) is 1. The first-order valence-electron chi connectivity index (χ1n) is 3.77. The van der Waals surface area contributed by atoms with E-state index >= 15 is 0 Å². The second kappa shape index (κ2) is 3.30. The van der Waals surface area contributed by atoms with Crippen LogP contribution in [0.15, 0.2) is 6.07 Å². The highest BCUT2D eigenvalue weighted by atomic mass is 16.5. The molecule has 0 radical (unpaired) electrons. The molecule has 66 valence electrons. The second-order valence-corrected chi connectivity index (χ2v) is 2.50. The molecule has 1 rings (SSSR count). The SMILES string of the molecule is CCOC(=O)c1cc(C)[nH]c1N. The number of carbonyl (C=O) groups excluding carboxylic acids is 1. The summed E-state index contributed by atoms with van der Waals surface area (Å²) in [4.78, 5) is 14.0. The highest BCUT2D eigenvalue weighted by Gasteiger charge is 2.12. The maximum absolute atomic E-state index is 11.2. The zero-order valence-electron chi connectivity index (χ0n) is 7.18. The van der Waals surface area contributed by atoms with Gasteiger partial charge in [-0.3, -0.25) is 0 Å². The molecule has 1 aromatic rings. The fourth-order valence-electron chi connectivity index (χ4n) is 0.988. The van der Waals surface area contributed by atoms with Crippen LogP contribution in [0.5, 0.6) is 0 Å². The maximum atomic E-state index is 11.2. The van der Waals surface area contributed by atoms with Gasteiger partial charge in [0.05, 0.1) is 6.61 Å². The summed E-state index contributed by atoms with van der Waals surface area (Å²) in [5, 5.41) is 0. The van der Waals surface area contributed by atoms with E-state index in [1.54, 1.807) is 13.0 Å². The van der Waals surface area contributed by atoms with Gasteiger partial charge in [0.15, 0.2) is 0 Å². The van der Waals surface area contributed by atoms with Crippen LogP contribution < -0.4 is 5.73 Å². The first-order valence-corrected chi connectivity index (χ1v) is 3.77. The molecule has 0 fully saturated rings. The van der Waals surface area contributed by atoms with Crippen LogP contribution in [0.4, 0.5) is 5.82 Å². The number of nitrogen functional groups attached to an aromatic ring is 1. The minimum atomic E-state index is -0.376. The minimum absolute atomic E-state index is 0.364. The molecule has 3 N–H and O–H groups in total. The molecule has 0 aliphatic rings. The number of aromatic amines is 1. The number of ether oxygens (including phenoxy) is 1. The molecule has 0 amide bonds. The third kappa shape index (κ3) is 1.58. The molecular formula is C8H12N2O2. The third-order valence-corrected chi connectivity index (χ3v) is 1.48. The predicted molar refractivity (Wildman–Crippen MR) is 45.9 cm³/mol. The van der Waals surface area contributed by atoms with E-state index in [9.17, 15) is 4.79 Å². The van der Waals surface area contributed by atoms with E-state index in [0.717, 1.165) is 5.69 Å². The fourth-order valence-corrected chi connectivity index (χ4v) is 0.988. The normalized spacial score (nSPS) is 9.83. The number of hydrogen-bond acceptors (Lipinski definition) is 3. The lowest BCUT2D eigenvalue weighted by molar-refractivity contribution is 0.0528. The number of carbonyl (C=O) groups is 1. The Balaban J connectivity index is 2.87. The Morgan fingerprint density at radius 2 is 2.42 bits per heavy atom. The maximum Gasteiger partial charge on any atom is 0.341 e. The molecule has 0 aliphatic carbocycles. The Hall–Kier alpha value is -1.45. The summed E-state index contributed by atoms with van der Waals surface area (Å²) >= 11 is 0. The van der Waals surface area contributed by atoms with Crippen molar-refractivity contribution < 1.29 is 9.53 Å². The Bertz CT molecular complexity index is 291. The number of nitrogens with one attached hydrogen (secondary N) is 1. The van der Waals surface area contributed by atoms with E-state index in [1.807, 2.05) is 6.92 Å². The monoisotopic (exact) mass is 168 g/mol. The van der Waals surface area contributed by atoms with Crippen molar-refractivity contribution in [1.82, 2.24) is 4.98 Å². The van der Waals surface area contributed by atoms with Gasteiger partial charge < -0.3 is 15.5 Å². The zero-order chi connectivity index (χ0) is 9.14. The van der Waals surface area contributed by atoms with Crippen molar-refractivity contribution in [2.75, 3.05) is 12.3 Å². The first kappa shape index (κ1) is 8.64. The van der Waals surface area contributed by atoms with E-state index < -0.39 is 0 Å². The van der Waals surface area contributed by atoms with Gasteiger partial charge in [-0.1, -0.05) is 0 Å². The van der Waals surface area contributed by atoms with Crippen LogP contribution in [0.25, 0.3) is 0 Å². The smallest absolute Gasteiger partial charge is 0.341 e. The number of hydrogen-bond donors (Lipinski definition) is 2. The van der Waals surface area contributed by atoms with Crippen molar-refractivity contribution in [1.29, 1.82) is 0 Å². The summed E-state index contributed by atoms with van der Waals surface area (Å²) < 4.78 is 4.78. The van der Waals surface area contributed by atoms with Crippen molar-refractivity contribution in [3.05, 3.63) is 17.3 Å². The summed E-state index contributed by atoms with van der Waals surface area (Å²) in [5.74, 6) is -0.00898. The molecule has 4 nitrogen and oxygen atoms in total. The summed E-state index contributed by atoms with van der Waals surface area (Å²) in [6.45, 7) is 3.95. The van der Waals surface area contributed by atoms with Gasteiger partial charge in [0.1, 0.15) is 11.4 Å². The Labute approximate surface area is 70.7 Å². The van der Waals surface area contributed by atoms with Gasteiger partial charge >= 0.3 is 5.97 Å². The molecule has 0 atom stereocenters. The average molecular weight is 168 g/mol. The van der Waals surface area contributed by atoms with Crippen LogP contribution in [-0.2, 0) is 4.74 Å². The number of aryl methyl sites for hydroxylation is 1. The largest absolute Gasteiger partial charge is 0.462 e. The topological polar surface area (TPSA) is 68.1 Å². The quantitative estimate of drug-likeness (QED) is 0.649. The van der Waals surface area contributed by atoms with Crippen LogP contribution in [0, 0.1) is 6.92 Å². The van der Waals surface area contributed by atoms with Crippen LogP contribution in [0.1, 0.15) is 23.0 Å². The average Bonchev–Trinajstić information content (AvgIpc) is 2.30. The number of rotatable bonds is 2. The molecule has 0 spiro atoms. The summed E-state index contributed by atoms with van der Waals surface area (Å²) in [7, 11) is 0. The van der Waals surface area contributed by atoms with Crippen LogP contribution in [-0.4, -0.2) is 17.6 Å². The van der Waals surface area contributed by atoms with E-state index in [-0.39, 0.29) is 5.97 Å². The summed E-state index contributed by atoms with van der Waals surface area (Å²) in [6, 6.07) is 1.67. The van der Waals surface area contributed by atoms with Crippen molar-refractivity contribution in [3.8, 4) is 0 Å². The molecule has 0 bridgehead atoms. The first-order chi connectivity index (χ1) is 5.65. The summed E-state index contributed by atoms with van der Waals surface area (Å²) in [6.07, 6.45) is 0. The molecule has 1 aromatic heterocycles. The number of esters is 1. The molecule has 1 heterocycles. The van der Waals surface area contributed by atoms with Crippen LogP contribution in [0.2, 0.25) is 0 Å². The number of anilines is 1. The van der Waals surface area contributed by atoms with Crippen molar-refractivity contribution >= 4 is 11.8 Å². The van der Waals surface area contributed by atoms with E-state index in [0.29, 0.717) is 18.0 Å². The molecule has 0 aromatic carbocycles. The van der Waals surface area contributed by atoms with E-state index in [2.05, 4.69) is 4.98 Å². The molecule has 4 heteroatoms. The fraction of sp³-hybridized carbons (Fsp3) is 0.375. The predicted octanol–water partition coefficient (Wildman–Crippen LogP) is 1.08. The third-order valence-electron chi connectivity index (χ3n) is 1.48. The molecule has 0 aliphatic heterocycles. The Kier molecular flexibility index (Phi) is 2.38.